The van der Waals surface area contributed by atoms with Crippen molar-refractivity contribution in [2.24, 2.45) is 4.99 Å². The number of anilines is 1. The third kappa shape index (κ3) is 7.55. The van der Waals surface area contributed by atoms with Crippen LogP contribution in [0.3, 0.4) is 0 Å². The van der Waals surface area contributed by atoms with Gasteiger partial charge in [0.2, 0.25) is 0 Å². The van der Waals surface area contributed by atoms with Gasteiger partial charge in [-0.1, -0.05) is 55.9 Å². The van der Waals surface area contributed by atoms with Crippen LogP contribution in [0.5, 0.6) is 11.5 Å². The molecule has 1 N–H and O–H groups in total. The molecule has 0 spiro atoms. The van der Waals surface area contributed by atoms with Crippen LogP contribution in [0.25, 0.3) is 17.1 Å². The van der Waals surface area contributed by atoms with Crippen LogP contribution in [0.15, 0.2) is 78.0 Å². The highest BCUT2D eigenvalue weighted by atomic mass is 32.2. The van der Waals surface area contributed by atoms with Crippen LogP contribution in [-0.2, 0) is 0 Å². The van der Waals surface area contributed by atoms with Crippen LogP contribution < -0.4 is 19.7 Å². The number of amidine groups is 1. The highest BCUT2D eigenvalue weighted by molar-refractivity contribution is 8.14. The smallest absolute Gasteiger partial charge is 0.497 e. The molecule has 45 heavy (non-hydrogen) atoms. The van der Waals surface area contributed by atoms with Gasteiger partial charge in [-0.15, -0.1) is 18.3 Å². The maximum atomic E-state index is 13.0. The number of alkyl halides is 3. The molecule has 3 aromatic carbocycles. The van der Waals surface area contributed by atoms with Crippen LogP contribution in [-0.4, -0.2) is 51.7 Å². The van der Waals surface area contributed by atoms with Crippen molar-refractivity contribution in [1.82, 2.24) is 20.1 Å². The van der Waals surface area contributed by atoms with Crippen molar-refractivity contribution in [3.63, 3.8) is 0 Å². The Kier molecular flexibility index (Phi) is 9.29. The summed E-state index contributed by atoms with van der Waals surface area (Å²) in [6, 6.07) is 18.4. The molecule has 0 aliphatic carbocycles. The van der Waals surface area contributed by atoms with E-state index in [2.05, 4.69) is 45.0 Å². The number of hydrogen-bond acceptors (Lipinski definition) is 7. The largest absolute Gasteiger partial charge is 0.573 e. The molecular weight excluding hydrogens is 607 g/mol. The first kappa shape index (κ1) is 31.4. The first-order valence-corrected chi connectivity index (χ1v) is 14.8. The number of carbonyl (C=O) groups excluding carboxylic acids is 1. The van der Waals surface area contributed by atoms with Gasteiger partial charge in [-0.25, -0.2) is 14.5 Å². The normalized spacial score (nSPS) is 14.8. The molecule has 4 aromatic rings. The first-order chi connectivity index (χ1) is 21.5. The second-order valence-corrected chi connectivity index (χ2v) is 11.2. The Morgan fingerprint density at radius 1 is 1.09 bits per heavy atom. The predicted molar refractivity (Wildman–Crippen MR) is 165 cm³/mol. The Hall–Kier alpha value is -5.03. The monoisotopic (exact) mass is 635 g/mol. The average molecular weight is 636 g/mol. The van der Waals surface area contributed by atoms with Gasteiger partial charge in [0.05, 0.1) is 18.9 Å². The third-order valence-corrected chi connectivity index (χ3v) is 7.81. The number of nitrogens with zero attached hydrogens (tertiary/aromatic N) is 6. The number of aromatic nitrogens is 3. The van der Waals surface area contributed by atoms with Crippen molar-refractivity contribution in [2.75, 3.05) is 24.3 Å². The molecule has 1 fully saturated rings. The Bertz CT molecular complexity index is 1730. The number of methoxy groups -OCH3 is 1. The minimum absolute atomic E-state index is 0.245. The number of nitriles is 1. The molecule has 1 unspecified atom stereocenters. The van der Waals surface area contributed by atoms with Crippen molar-refractivity contribution in [2.45, 2.75) is 32.2 Å². The standard InChI is InChI=1S/C31H28F3N7O3S/c1-19(2)25-13-12-24(43-3)16-27(25)40-14-15-45-30(40)38-29(42)37-26(17-35)20-4-6-21(7-5-20)28-36-18-41(39-28)22-8-10-23(11-9-22)44-31(32,33)34/h4-13,16,18-19,26H,14-15H2,1-3H3,(H,37,42). The Balaban J connectivity index is 1.27. The van der Waals surface area contributed by atoms with Gasteiger partial charge < -0.3 is 19.7 Å². The minimum atomic E-state index is -4.78. The third-order valence-electron chi connectivity index (χ3n) is 6.85. The van der Waals surface area contributed by atoms with Crippen molar-refractivity contribution in [3.05, 3.63) is 84.2 Å². The molecule has 232 valence electrons. The molecule has 1 aromatic heterocycles. The molecule has 2 heterocycles. The fourth-order valence-electron chi connectivity index (χ4n) is 4.67. The lowest BCUT2D eigenvalue weighted by Crippen LogP contribution is -2.30. The maximum Gasteiger partial charge on any atom is 0.573 e. The van der Waals surface area contributed by atoms with Crippen LogP contribution in [0.4, 0.5) is 23.7 Å². The number of thioether (sulfide) groups is 1. The number of aliphatic imine (C=N–C) groups is 1. The lowest BCUT2D eigenvalue weighted by atomic mass is 10.00. The summed E-state index contributed by atoms with van der Waals surface area (Å²) in [6.07, 6.45) is -3.35. The minimum Gasteiger partial charge on any atom is -0.497 e. The quantitative estimate of drug-likeness (QED) is 0.224. The molecule has 10 nitrogen and oxygen atoms in total. The summed E-state index contributed by atoms with van der Waals surface area (Å²) in [5.74, 6) is 1.72. The van der Waals surface area contributed by atoms with E-state index in [1.54, 1.807) is 31.4 Å². The van der Waals surface area contributed by atoms with Crippen LogP contribution in [0, 0.1) is 11.3 Å². The summed E-state index contributed by atoms with van der Waals surface area (Å²) in [5, 5.41) is 17.4. The van der Waals surface area contributed by atoms with Gasteiger partial charge >= 0.3 is 12.4 Å². The molecular formula is C31H28F3N7O3S. The second kappa shape index (κ2) is 13.3. The number of urea groups is 1. The van der Waals surface area contributed by atoms with Gasteiger partial charge in [0.1, 0.15) is 23.9 Å². The molecule has 1 aliphatic heterocycles. The van der Waals surface area contributed by atoms with E-state index < -0.39 is 18.4 Å². The van der Waals surface area contributed by atoms with Gasteiger partial charge in [-0.2, -0.15) is 10.3 Å². The zero-order chi connectivity index (χ0) is 32.1. The molecule has 0 saturated carbocycles. The maximum absolute atomic E-state index is 13.0. The summed E-state index contributed by atoms with van der Waals surface area (Å²) in [7, 11) is 1.61. The average Bonchev–Trinajstić information content (AvgIpc) is 3.69. The Labute approximate surface area is 261 Å². The summed E-state index contributed by atoms with van der Waals surface area (Å²) in [6.45, 7) is 4.87. The van der Waals surface area contributed by atoms with Crippen LogP contribution in [0.1, 0.15) is 36.9 Å². The summed E-state index contributed by atoms with van der Waals surface area (Å²) in [5.41, 5.74) is 3.70. The SMILES string of the molecule is COc1ccc(C(C)C)c(N2CCSC2=NC(=O)NC(C#N)c2ccc(-c3ncn(-c4ccc(OC(F)(F)F)cc4)n3)cc2)c1. The van der Waals surface area contributed by atoms with E-state index in [0.717, 1.165) is 17.0 Å². The number of carbonyl (C=O) groups is 1. The zero-order valence-corrected chi connectivity index (χ0v) is 25.3. The number of halogens is 3. The fraction of sp³-hybridized carbons (Fsp3) is 0.258. The number of ether oxygens (including phenoxy) is 2. The summed E-state index contributed by atoms with van der Waals surface area (Å²) < 4.78 is 48.0. The molecule has 1 saturated heterocycles. The first-order valence-electron chi connectivity index (χ1n) is 13.8. The molecule has 14 heteroatoms. The van der Waals surface area contributed by atoms with E-state index >= 15 is 0 Å². The number of nitrogens with one attached hydrogen (secondary N) is 1. The predicted octanol–water partition coefficient (Wildman–Crippen LogP) is 6.85. The Morgan fingerprint density at radius 3 is 2.44 bits per heavy atom. The van der Waals surface area contributed by atoms with E-state index in [1.807, 2.05) is 23.1 Å². The van der Waals surface area contributed by atoms with Gasteiger partial charge in [-0.3, -0.25) is 0 Å². The van der Waals surface area contributed by atoms with Crippen molar-refractivity contribution in [3.8, 4) is 34.6 Å². The summed E-state index contributed by atoms with van der Waals surface area (Å²) >= 11 is 1.46. The van der Waals surface area contributed by atoms with E-state index in [0.29, 0.717) is 40.1 Å². The lowest BCUT2D eigenvalue weighted by molar-refractivity contribution is -0.274. The Morgan fingerprint density at radius 2 is 1.80 bits per heavy atom. The van der Waals surface area contributed by atoms with E-state index in [-0.39, 0.29) is 11.7 Å². The van der Waals surface area contributed by atoms with Gasteiger partial charge in [0.25, 0.3) is 0 Å². The molecule has 0 bridgehead atoms. The fourth-order valence-corrected chi connectivity index (χ4v) is 5.62. The van der Waals surface area contributed by atoms with Gasteiger partial charge in [0.15, 0.2) is 11.0 Å². The van der Waals surface area contributed by atoms with Crippen molar-refractivity contribution >= 4 is 28.6 Å². The van der Waals surface area contributed by atoms with Crippen LogP contribution in [0.2, 0.25) is 0 Å². The number of benzene rings is 3. The van der Waals surface area contributed by atoms with E-state index in [9.17, 15) is 23.2 Å². The molecule has 0 radical (unpaired) electrons. The highest BCUT2D eigenvalue weighted by Gasteiger charge is 2.31. The zero-order valence-electron chi connectivity index (χ0n) is 24.4. The topological polar surface area (TPSA) is 118 Å². The second-order valence-electron chi connectivity index (χ2n) is 10.2. The lowest BCUT2D eigenvalue weighted by Gasteiger charge is -2.24. The van der Waals surface area contributed by atoms with E-state index in [1.165, 1.54) is 47.0 Å². The van der Waals surface area contributed by atoms with E-state index in [4.69, 9.17) is 4.74 Å². The van der Waals surface area contributed by atoms with Crippen molar-refractivity contribution in [1.29, 1.82) is 5.26 Å². The number of amides is 2. The summed E-state index contributed by atoms with van der Waals surface area (Å²) in [4.78, 5) is 23.5. The molecule has 2 amide bonds. The van der Waals surface area contributed by atoms with Crippen molar-refractivity contribution < 1.29 is 27.4 Å². The van der Waals surface area contributed by atoms with Gasteiger partial charge in [-0.05, 0) is 47.4 Å². The van der Waals surface area contributed by atoms with Crippen LogP contribution >= 0.6 is 11.8 Å². The molecule has 5 rings (SSSR count). The molecule has 1 atom stereocenters. The number of hydrogen-bond donors (Lipinski definition) is 1. The molecule has 1 aliphatic rings. The number of rotatable bonds is 8. The highest BCUT2D eigenvalue weighted by Crippen LogP contribution is 2.35. The van der Waals surface area contributed by atoms with Gasteiger partial charge in [0, 0.05) is 29.6 Å².